The molecule has 0 bridgehead atoms. The highest BCUT2D eigenvalue weighted by molar-refractivity contribution is 4.96. The van der Waals surface area contributed by atoms with Gasteiger partial charge in [-0.05, 0) is 18.8 Å². The molecule has 7 heteroatoms. The quantitative estimate of drug-likeness (QED) is 0.810. The van der Waals surface area contributed by atoms with Crippen molar-refractivity contribution in [1.29, 1.82) is 0 Å². The summed E-state index contributed by atoms with van der Waals surface area (Å²) in [6, 6.07) is 0.689. The van der Waals surface area contributed by atoms with E-state index in [-0.39, 0.29) is 0 Å². The summed E-state index contributed by atoms with van der Waals surface area (Å²) in [7, 11) is 0. The van der Waals surface area contributed by atoms with Crippen LogP contribution in [0.15, 0.2) is 12.5 Å². The lowest BCUT2D eigenvalue weighted by Gasteiger charge is -2.07. The largest absolute Gasteiger partial charge is 0.308 e. The molecule has 1 N–H and O–H groups in total. The number of aromatic nitrogens is 6. The van der Waals surface area contributed by atoms with Crippen molar-refractivity contribution >= 4 is 0 Å². The third-order valence-electron chi connectivity index (χ3n) is 3.27. The normalized spacial score (nSPS) is 15.2. The fourth-order valence-electron chi connectivity index (χ4n) is 2.09. The molecule has 1 aliphatic rings. The summed E-state index contributed by atoms with van der Waals surface area (Å²) in [5.74, 6) is 1.47. The summed E-state index contributed by atoms with van der Waals surface area (Å²) in [4.78, 5) is 4.31. The van der Waals surface area contributed by atoms with Gasteiger partial charge in [0, 0.05) is 19.1 Å². The molecule has 0 unspecified atom stereocenters. The van der Waals surface area contributed by atoms with Crippen molar-refractivity contribution in [3.63, 3.8) is 0 Å². The van der Waals surface area contributed by atoms with Gasteiger partial charge in [-0.3, -0.25) is 0 Å². The second kappa shape index (κ2) is 5.70. The SMILES string of the molecule is CC(C)Cn1ncnc1Cn1cc(CNC2CC2)nn1. The Morgan fingerprint density at radius 3 is 3.00 bits per heavy atom. The van der Waals surface area contributed by atoms with Gasteiger partial charge < -0.3 is 5.32 Å². The highest BCUT2D eigenvalue weighted by Crippen LogP contribution is 2.18. The maximum Gasteiger partial charge on any atom is 0.148 e. The number of nitrogens with one attached hydrogen (secondary N) is 1. The van der Waals surface area contributed by atoms with Crippen LogP contribution in [0.1, 0.15) is 38.2 Å². The molecular formula is C13H21N7. The molecule has 0 amide bonds. The van der Waals surface area contributed by atoms with E-state index in [2.05, 4.69) is 39.6 Å². The van der Waals surface area contributed by atoms with E-state index in [4.69, 9.17) is 0 Å². The van der Waals surface area contributed by atoms with Crippen molar-refractivity contribution in [2.75, 3.05) is 0 Å². The molecule has 108 valence electrons. The van der Waals surface area contributed by atoms with Gasteiger partial charge in [0.1, 0.15) is 18.7 Å². The van der Waals surface area contributed by atoms with Crippen molar-refractivity contribution in [2.45, 2.75) is 52.4 Å². The Bertz CT molecular complexity index is 553. The first-order valence-corrected chi connectivity index (χ1v) is 7.20. The Hall–Kier alpha value is -1.76. The van der Waals surface area contributed by atoms with Crippen LogP contribution in [0.3, 0.4) is 0 Å². The predicted octanol–water partition coefficient (Wildman–Crippen LogP) is 0.826. The molecule has 20 heavy (non-hydrogen) atoms. The van der Waals surface area contributed by atoms with Gasteiger partial charge in [-0.25, -0.2) is 14.3 Å². The Labute approximate surface area is 118 Å². The van der Waals surface area contributed by atoms with Gasteiger partial charge in [-0.2, -0.15) is 5.10 Å². The van der Waals surface area contributed by atoms with E-state index >= 15 is 0 Å². The fraction of sp³-hybridized carbons (Fsp3) is 0.692. The van der Waals surface area contributed by atoms with Crippen molar-refractivity contribution in [2.24, 2.45) is 5.92 Å². The van der Waals surface area contributed by atoms with Gasteiger partial charge in [-0.1, -0.05) is 19.1 Å². The Morgan fingerprint density at radius 2 is 2.25 bits per heavy atom. The van der Waals surface area contributed by atoms with Crippen molar-refractivity contribution in [1.82, 2.24) is 35.1 Å². The summed E-state index contributed by atoms with van der Waals surface area (Å²) >= 11 is 0. The lowest BCUT2D eigenvalue weighted by Crippen LogP contribution is -2.15. The van der Waals surface area contributed by atoms with Crippen molar-refractivity contribution < 1.29 is 0 Å². The van der Waals surface area contributed by atoms with Gasteiger partial charge in [0.05, 0.1) is 11.9 Å². The van der Waals surface area contributed by atoms with E-state index in [0.29, 0.717) is 18.5 Å². The molecule has 1 fully saturated rings. The van der Waals surface area contributed by atoms with Crippen LogP contribution in [0, 0.1) is 5.92 Å². The summed E-state index contributed by atoms with van der Waals surface area (Å²) in [5, 5.41) is 16.0. The minimum Gasteiger partial charge on any atom is -0.308 e. The van der Waals surface area contributed by atoms with E-state index in [9.17, 15) is 0 Å². The van der Waals surface area contributed by atoms with Crippen LogP contribution in [-0.2, 0) is 19.6 Å². The molecular weight excluding hydrogens is 254 g/mol. The molecule has 0 aliphatic heterocycles. The first kappa shape index (κ1) is 13.2. The molecule has 0 atom stereocenters. The first-order chi connectivity index (χ1) is 9.70. The molecule has 0 radical (unpaired) electrons. The maximum absolute atomic E-state index is 4.31. The lowest BCUT2D eigenvalue weighted by atomic mass is 10.2. The van der Waals surface area contributed by atoms with E-state index in [1.165, 1.54) is 12.8 Å². The van der Waals surface area contributed by atoms with E-state index in [0.717, 1.165) is 24.6 Å². The van der Waals surface area contributed by atoms with Crippen molar-refractivity contribution in [3.05, 3.63) is 24.0 Å². The fourth-order valence-corrected chi connectivity index (χ4v) is 2.09. The van der Waals surface area contributed by atoms with Crippen LogP contribution in [0.4, 0.5) is 0 Å². The number of hydrogen-bond acceptors (Lipinski definition) is 5. The molecule has 0 aromatic carbocycles. The summed E-state index contributed by atoms with van der Waals surface area (Å²) in [6.45, 7) is 6.62. The van der Waals surface area contributed by atoms with E-state index < -0.39 is 0 Å². The number of hydrogen-bond donors (Lipinski definition) is 1. The molecule has 0 saturated heterocycles. The molecule has 7 nitrogen and oxygen atoms in total. The first-order valence-electron chi connectivity index (χ1n) is 7.20. The number of rotatable bonds is 7. The van der Waals surface area contributed by atoms with Gasteiger partial charge in [0.2, 0.25) is 0 Å². The highest BCUT2D eigenvalue weighted by atomic mass is 15.4. The minimum atomic E-state index is 0.546. The number of nitrogens with zero attached hydrogens (tertiary/aromatic N) is 6. The standard InChI is InChI=1S/C13H21N7/c1-10(2)6-20-13(15-9-16-20)8-19-7-12(17-18-19)5-14-11-3-4-11/h7,9-11,14H,3-6,8H2,1-2H3. The van der Waals surface area contributed by atoms with E-state index in [1.807, 2.05) is 15.6 Å². The molecule has 3 rings (SSSR count). The van der Waals surface area contributed by atoms with Crippen LogP contribution >= 0.6 is 0 Å². The van der Waals surface area contributed by atoms with Gasteiger partial charge in [0.15, 0.2) is 0 Å². The Morgan fingerprint density at radius 1 is 1.40 bits per heavy atom. The maximum atomic E-state index is 4.31. The van der Waals surface area contributed by atoms with Crippen LogP contribution < -0.4 is 5.32 Å². The predicted molar refractivity (Wildman–Crippen MR) is 73.8 cm³/mol. The molecule has 2 heterocycles. The van der Waals surface area contributed by atoms with Gasteiger partial charge in [0.25, 0.3) is 0 Å². The van der Waals surface area contributed by atoms with Crippen LogP contribution in [0.5, 0.6) is 0 Å². The lowest BCUT2D eigenvalue weighted by molar-refractivity contribution is 0.455. The van der Waals surface area contributed by atoms with Crippen LogP contribution in [0.2, 0.25) is 0 Å². The summed E-state index contributed by atoms with van der Waals surface area (Å²) in [5.41, 5.74) is 0.979. The molecule has 2 aromatic rings. The zero-order valence-electron chi connectivity index (χ0n) is 12.0. The Kier molecular flexibility index (Phi) is 3.77. The average Bonchev–Trinajstić information content (AvgIpc) is 2.98. The molecule has 1 aliphatic carbocycles. The van der Waals surface area contributed by atoms with Crippen LogP contribution in [0.25, 0.3) is 0 Å². The molecule has 0 spiro atoms. The molecule has 2 aromatic heterocycles. The zero-order valence-corrected chi connectivity index (χ0v) is 12.0. The van der Waals surface area contributed by atoms with Crippen molar-refractivity contribution in [3.8, 4) is 0 Å². The average molecular weight is 275 g/mol. The molecule has 1 saturated carbocycles. The smallest absolute Gasteiger partial charge is 0.148 e. The monoisotopic (exact) mass is 275 g/mol. The van der Waals surface area contributed by atoms with Crippen LogP contribution in [-0.4, -0.2) is 35.8 Å². The summed E-state index contributed by atoms with van der Waals surface area (Å²) in [6.07, 6.45) is 6.15. The van der Waals surface area contributed by atoms with Gasteiger partial charge >= 0.3 is 0 Å². The summed E-state index contributed by atoms with van der Waals surface area (Å²) < 4.78 is 3.76. The second-order valence-electron chi connectivity index (χ2n) is 5.81. The minimum absolute atomic E-state index is 0.546. The second-order valence-corrected chi connectivity index (χ2v) is 5.81. The van der Waals surface area contributed by atoms with Gasteiger partial charge in [-0.15, -0.1) is 5.10 Å². The third-order valence-corrected chi connectivity index (χ3v) is 3.27. The van der Waals surface area contributed by atoms with E-state index in [1.54, 1.807) is 6.33 Å². The zero-order chi connectivity index (χ0) is 13.9. The topological polar surface area (TPSA) is 73.5 Å². The highest BCUT2D eigenvalue weighted by Gasteiger charge is 2.20. The Balaban J connectivity index is 1.60. The third kappa shape index (κ3) is 3.41.